The summed E-state index contributed by atoms with van der Waals surface area (Å²) in [5, 5.41) is 15.9. The number of unbranched alkanes of at least 4 members (excludes halogenated alkanes) is 1. The minimum absolute atomic E-state index is 0.00839. The molecular formula is C29H45N5O8. The number of ether oxygens (including phenoxy) is 3. The zero-order valence-electron chi connectivity index (χ0n) is 25.1. The lowest BCUT2D eigenvalue weighted by Gasteiger charge is -2.43. The van der Waals surface area contributed by atoms with Crippen molar-refractivity contribution in [3.8, 4) is 5.75 Å². The number of para-hydroxylation sites is 1. The average molecular weight is 592 g/mol. The summed E-state index contributed by atoms with van der Waals surface area (Å²) in [6.07, 6.45) is 0.790. The van der Waals surface area contributed by atoms with Gasteiger partial charge in [0.05, 0.1) is 38.0 Å². The molecule has 0 aromatic heterocycles. The molecule has 2 heterocycles. The molecule has 0 bridgehead atoms. The number of hydrogen-bond acceptors (Lipinski definition) is 8. The Hall–Kier alpha value is -3.58. The van der Waals surface area contributed by atoms with Crippen molar-refractivity contribution in [2.75, 3.05) is 83.9 Å². The number of morpholine rings is 1. The van der Waals surface area contributed by atoms with Crippen LogP contribution >= 0.6 is 0 Å². The molecule has 0 radical (unpaired) electrons. The summed E-state index contributed by atoms with van der Waals surface area (Å²) in [6, 6.07) is 4.61. The second-order valence-corrected chi connectivity index (χ2v) is 11.0. The normalized spacial score (nSPS) is 18.9. The fourth-order valence-corrected chi connectivity index (χ4v) is 5.34. The summed E-state index contributed by atoms with van der Waals surface area (Å²) >= 11 is 0. The van der Waals surface area contributed by atoms with E-state index in [4.69, 9.17) is 14.2 Å². The molecule has 2 aliphatic rings. The van der Waals surface area contributed by atoms with Gasteiger partial charge in [-0.2, -0.15) is 0 Å². The maximum atomic E-state index is 13.7. The number of benzene rings is 1. The topological polar surface area (TPSA) is 150 Å². The Morgan fingerprint density at radius 3 is 2.48 bits per heavy atom. The van der Waals surface area contributed by atoms with Gasteiger partial charge in [-0.15, -0.1) is 0 Å². The summed E-state index contributed by atoms with van der Waals surface area (Å²) in [4.78, 5) is 56.9. The third kappa shape index (κ3) is 8.96. The summed E-state index contributed by atoms with van der Waals surface area (Å²) < 4.78 is 15.9. The zero-order valence-corrected chi connectivity index (χ0v) is 25.1. The van der Waals surface area contributed by atoms with Crippen LogP contribution in [0.25, 0.3) is 0 Å². The summed E-state index contributed by atoms with van der Waals surface area (Å²) in [7, 11) is 3.13. The standard InChI is InChI=1S/C29H45N5O8/c1-20(2)17-34(22-16-21(18-33(19-22)29(38)39)27(36)32-11-14-42-15-12-32)28(37)26(35)31-25-23(8-7-9-24(25)41-4)30-10-5-6-13-40-3/h7-9,20-22,30H,5-6,10-19H2,1-4H3,(H,31,35)(H,38,39)/t21-,22+/m1/s1. The fourth-order valence-electron chi connectivity index (χ4n) is 5.34. The number of carbonyl (C=O) groups excluding carboxylic acids is 3. The number of methoxy groups -OCH3 is 2. The molecule has 1 aromatic rings. The van der Waals surface area contributed by atoms with Gasteiger partial charge in [0, 0.05) is 53.0 Å². The van der Waals surface area contributed by atoms with Crippen LogP contribution in [0.5, 0.6) is 5.75 Å². The second kappa shape index (κ2) is 16.2. The highest BCUT2D eigenvalue weighted by molar-refractivity contribution is 6.40. The van der Waals surface area contributed by atoms with Gasteiger partial charge in [-0.3, -0.25) is 14.4 Å². The van der Waals surface area contributed by atoms with Crippen molar-refractivity contribution in [2.24, 2.45) is 11.8 Å². The number of anilines is 2. The number of amides is 4. The lowest BCUT2D eigenvalue weighted by atomic mass is 9.91. The largest absolute Gasteiger partial charge is 0.494 e. The Morgan fingerprint density at radius 2 is 1.83 bits per heavy atom. The molecule has 13 nitrogen and oxygen atoms in total. The van der Waals surface area contributed by atoms with Crippen LogP contribution < -0.4 is 15.4 Å². The van der Waals surface area contributed by atoms with Gasteiger partial charge in [0.1, 0.15) is 11.4 Å². The number of carboxylic acid groups (broad SMARTS) is 1. The number of carbonyl (C=O) groups is 4. The molecule has 13 heteroatoms. The fraction of sp³-hybridized carbons (Fsp3) is 0.655. The summed E-state index contributed by atoms with van der Waals surface area (Å²) in [5.74, 6) is -2.08. The van der Waals surface area contributed by atoms with Crippen molar-refractivity contribution >= 4 is 35.2 Å². The van der Waals surface area contributed by atoms with E-state index in [1.807, 2.05) is 13.8 Å². The van der Waals surface area contributed by atoms with Crippen molar-refractivity contribution < 1.29 is 38.5 Å². The van der Waals surface area contributed by atoms with Gasteiger partial charge in [-0.1, -0.05) is 19.9 Å². The van der Waals surface area contributed by atoms with Gasteiger partial charge in [0.15, 0.2) is 0 Å². The zero-order chi connectivity index (χ0) is 30.6. The second-order valence-electron chi connectivity index (χ2n) is 11.0. The van der Waals surface area contributed by atoms with Crippen molar-refractivity contribution in [1.29, 1.82) is 0 Å². The third-order valence-corrected chi connectivity index (χ3v) is 7.40. The predicted molar refractivity (Wildman–Crippen MR) is 157 cm³/mol. The molecule has 1 aromatic carbocycles. The molecule has 42 heavy (non-hydrogen) atoms. The molecule has 3 N–H and O–H groups in total. The van der Waals surface area contributed by atoms with E-state index in [2.05, 4.69) is 10.6 Å². The van der Waals surface area contributed by atoms with Crippen molar-refractivity contribution in [3.63, 3.8) is 0 Å². The van der Waals surface area contributed by atoms with Crippen LogP contribution in [0.4, 0.5) is 16.2 Å². The average Bonchev–Trinajstić information content (AvgIpc) is 2.99. The summed E-state index contributed by atoms with van der Waals surface area (Å²) in [5.41, 5.74) is 0.944. The first kappa shape index (κ1) is 32.9. The van der Waals surface area contributed by atoms with E-state index in [1.54, 1.807) is 30.2 Å². The molecule has 2 aliphatic heterocycles. The first-order valence-corrected chi connectivity index (χ1v) is 14.5. The Morgan fingerprint density at radius 1 is 1.10 bits per heavy atom. The van der Waals surface area contributed by atoms with E-state index in [-0.39, 0.29) is 37.9 Å². The van der Waals surface area contributed by atoms with E-state index < -0.39 is 29.9 Å². The Bertz CT molecular complexity index is 1080. The van der Waals surface area contributed by atoms with Crippen LogP contribution in [0.15, 0.2) is 18.2 Å². The third-order valence-electron chi connectivity index (χ3n) is 7.40. The molecule has 0 spiro atoms. The van der Waals surface area contributed by atoms with Crippen LogP contribution in [-0.4, -0.2) is 123 Å². The molecule has 3 rings (SSSR count). The van der Waals surface area contributed by atoms with E-state index in [9.17, 15) is 24.3 Å². The lowest BCUT2D eigenvalue weighted by molar-refractivity contribution is -0.148. The molecule has 0 unspecified atom stereocenters. The highest BCUT2D eigenvalue weighted by Crippen LogP contribution is 2.33. The van der Waals surface area contributed by atoms with Crippen LogP contribution in [0, 0.1) is 11.8 Å². The number of piperidine rings is 1. The molecule has 2 atom stereocenters. The molecule has 0 saturated carbocycles. The van der Waals surface area contributed by atoms with Crippen molar-refractivity contribution in [2.45, 2.75) is 39.2 Å². The van der Waals surface area contributed by atoms with Gasteiger partial charge in [0.25, 0.3) is 0 Å². The van der Waals surface area contributed by atoms with Crippen molar-refractivity contribution in [1.82, 2.24) is 14.7 Å². The van der Waals surface area contributed by atoms with Crippen LogP contribution in [-0.2, 0) is 23.9 Å². The van der Waals surface area contributed by atoms with E-state index in [0.717, 1.165) is 12.8 Å². The first-order valence-electron chi connectivity index (χ1n) is 14.5. The van der Waals surface area contributed by atoms with E-state index in [1.165, 1.54) is 16.9 Å². The molecule has 2 fully saturated rings. The van der Waals surface area contributed by atoms with Gasteiger partial charge in [0.2, 0.25) is 5.91 Å². The van der Waals surface area contributed by atoms with Crippen LogP contribution in [0.3, 0.4) is 0 Å². The van der Waals surface area contributed by atoms with Gasteiger partial charge >= 0.3 is 17.9 Å². The smallest absolute Gasteiger partial charge is 0.407 e. The Balaban J connectivity index is 1.81. The predicted octanol–water partition coefficient (Wildman–Crippen LogP) is 2.18. The number of hydrogen-bond donors (Lipinski definition) is 3. The van der Waals surface area contributed by atoms with Gasteiger partial charge < -0.3 is 44.7 Å². The van der Waals surface area contributed by atoms with Crippen molar-refractivity contribution in [3.05, 3.63) is 18.2 Å². The van der Waals surface area contributed by atoms with Crippen LogP contribution in [0.1, 0.15) is 33.1 Å². The number of nitrogens with zero attached hydrogens (tertiary/aromatic N) is 3. The maximum Gasteiger partial charge on any atom is 0.407 e. The number of likely N-dealkylation sites (tertiary alicyclic amines) is 1. The quantitative estimate of drug-likeness (QED) is 0.246. The Labute approximate surface area is 247 Å². The van der Waals surface area contributed by atoms with Gasteiger partial charge in [-0.05, 0) is 37.3 Å². The lowest BCUT2D eigenvalue weighted by Crippen LogP contribution is -2.59. The van der Waals surface area contributed by atoms with E-state index >= 15 is 0 Å². The van der Waals surface area contributed by atoms with E-state index in [0.29, 0.717) is 56.6 Å². The first-order chi connectivity index (χ1) is 20.2. The molecule has 4 amide bonds. The monoisotopic (exact) mass is 591 g/mol. The Kier molecular flexibility index (Phi) is 12.7. The number of rotatable bonds is 12. The SMILES string of the molecule is COCCCCNc1cccc(OC)c1NC(=O)C(=O)N(CC(C)C)[C@H]1C[C@@H](C(=O)N2CCOCC2)CN(C(=O)O)C1. The van der Waals surface area contributed by atoms with Crippen LogP contribution in [0.2, 0.25) is 0 Å². The highest BCUT2D eigenvalue weighted by atomic mass is 16.5. The molecular weight excluding hydrogens is 546 g/mol. The molecule has 2 saturated heterocycles. The minimum atomic E-state index is -1.17. The maximum absolute atomic E-state index is 13.7. The minimum Gasteiger partial charge on any atom is -0.494 e. The summed E-state index contributed by atoms with van der Waals surface area (Å²) in [6.45, 7) is 7.09. The van der Waals surface area contributed by atoms with Gasteiger partial charge in [-0.25, -0.2) is 4.79 Å². The number of nitrogens with one attached hydrogen (secondary N) is 2. The molecule has 0 aliphatic carbocycles. The highest BCUT2D eigenvalue weighted by Gasteiger charge is 2.41. The molecule has 234 valence electrons.